The van der Waals surface area contributed by atoms with Crippen LogP contribution in [0.25, 0.3) is 0 Å². The van der Waals surface area contributed by atoms with Gasteiger partial charge in [0.1, 0.15) is 0 Å². The number of nitrogens with one attached hydrogen (secondary N) is 1. The van der Waals surface area contributed by atoms with Gasteiger partial charge in [0.25, 0.3) is 0 Å². The first kappa shape index (κ1) is 12.5. The topological polar surface area (TPSA) is 93.8 Å². The Kier molecular flexibility index (Phi) is 3.26. The van der Waals surface area contributed by atoms with Gasteiger partial charge in [0, 0.05) is 18.2 Å². The largest absolute Gasteiger partial charge is 0.476 e. The van der Waals surface area contributed by atoms with Crippen molar-refractivity contribution in [3.63, 3.8) is 0 Å². The van der Waals surface area contributed by atoms with E-state index in [1.807, 2.05) is 18.2 Å². The standard InChI is InChI=1S/C13H12N2O5/c16-13(17)10-4-9(20-15-10)6-14-5-8-2-1-3-11-12(8)19-7-18-11/h1-4,14H,5-7H2,(H,16,17). The molecule has 2 N–H and O–H groups in total. The average Bonchev–Trinajstić information content (AvgIpc) is 3.07. The fourth-order valence-electron chi connectivity index (χ4n) is 1.95. The van der Waals surface area contributed by atoms with E-state index in [0.717, 1.165) is 17.1 Å². The molecule has 1 aromatic heterocycles. The van der Waals surface area contributed by atoms with E-state index >= 15 is 0 Å². The first-order valence-corrected chi connectivity index (χ1v) is 6.01. The first-order valence-electron chi connectivity index (χ1n) is 6.01. The van der Waals surface area contributed by atoms with Crippen molar-refractivity contribution >= 4 is 5.97 Å². The van der Waals surface area contributed by atoms with Gasteiger partial charge < -0.3 is 24.4 Å². The number of ether oxygens (including phenoxy) is 2. The lowest BCUT2D eigenvalue weighted by Gasteiger charge is -2.06. The SMILES string of the molecule is O=C(O)c1cc(CNCc2cccc3c2OCO3)on1. The summed E-state index contributed by atoms with van der Waals surface area (Å²) in [5.74, 6) is 0.833. The Morgan fingerprint density at radius 1 is 1.35 bits per heavy atom. The molecule has 0 bridgehead atoms. The van der Waals surface area contributed by atoms with E-state index in [-0.39, 0.29) is 12.5 Å². The molecular weight excluding hydrogens is 264 g/mol. The van der Waals surface area contributed by atoms with Gasteiger partial charge in [0.15, 0.2) is 23.0 Å². The molecule has 3 rings (SSSR count). The molecule has 2 heterocycles. The highest BCUT2D eigenvalue weighted by molar-refractivity contribution is 5.85. The molecule has 1 aliphatic heterocycles. The fraction of sp³-hybridized carbons (Fsp3) is 0.231. The van der Waals surface area contributed by atoms with Crippen LogP contribution in [0.4, 0.5) is 0 Å². The highest BCUT2D eigenvalue weighted by Crippen LogP contribution is 2.35. The summed E-state index contributed by atoms with van der Waals surface area (Å²) >= 11 is 0. The zero-order chi connectivity index (χ0) is 13.9. The van der Waals surface area contributed by atoms with Gasteiger partial charge in [-0.3, -0.25) is 0 Å². The molecule has 20 heavy (non-hydrogen) atoms. The molecule has 104 valence electrons. The van der Waals surface area contributed by atoms with E-state index < -0.39 is 5.97 Å². The second kappa shape index (κ2) is 5.22. The van der Waals surface area contributed by atoms with E-state index in [9.17, 15) is 4.79 Å². The Bertz CT molecular complexity index is 637. The number of carbonyl (C=O) groups is 1. The quantitative estimate of drug-likeness (QED) is 0.852. The van der Waals surface area contributed by atoms with E-state index in [4.69, 9.17) is 19.1 Å². The second-order valence-electron chi connectivity index (χ2n) is 4.24. The summed E-state index contributed by atoms with van der Waals surface area (Å²) in [5.41, 5.74) is 0.872. The average molecular weight is 276 g/mol. The molecule has 7 heteroatoms. The minimum Gasteiger partial charge on any atom is -0.476 e. The normalized spacial score (nSPS) is 12.6. The molecule has 0 saturated carbocycles. The summed E-state index contributed by atoms with van der Waals surface area (Å²) in [6.07, 6.45) is 0. The van der Waals surface area contributed by atoms with Crippen LogP contribution in [0, 0.1) is 0 Å². The highest BCUT2D eigenvalue weighted by atomic mass is 16.7. The van der Waals surface area contributed by atoms with Crippen molar-refractivity contribution < 1.29 is 23.9 Å². The van der Waals surface area contributed by atoms with E-state index in [0.29, 0.717) is 18.8 Å². The third kappa shape index (κ3) is 2.43. The number of rotatable bonds is 5. The minimum absolute atomic E-state index is 0.0980. The zero-order valence-corrected chi connectivity index (χ0v) is 10.5. The predicted octanol–water partition coefficient (Wildman–Crippen LogP) is 1.39. The van der Waals surface area contributed by atoms with Crippen LogP contribution in [0.15, 0.2) is 28.8 Å². The molecule has 0 atom stereocenters. The summed E-state index contributed by atoms with van der Waals surface area (Å²) in [4.78, 5) is 10.7. The molecule has 0 radical (unpaired) electrons. The molecule has 0 aliphatic carbocycles. The van der Waals surface area contributed by atoms with E-state index in [1.165, 1.54) is 6.07 Å². The smallest absolute Gasteiger partial charge is 0.358 e. The van der Waals surface area contributed by atoms with Crippen LogP contribution >= 0.6 is 0 Å². The third-order valence-electron chi connectivity index (χ3n) is 2.87. The molecular formula is C13H12N2O5. The zero-order valence-electron chi connectivity index (χ0n) is 10.5. The van der Waals surface area contributed by atoms with Gasteiger partial charge in [0.2, 0.25) is 6.79 Å². The van der Waals surface area contributed by atoms with Crippen molar-refractivity contribution in [2.45, 2.75) is 13.1 Å². The summed E-state index contributed by atoms with van der Waals surface area (Å²) < 4.78 is 15.6. The van der Waals surface area contributed by atoms with E-state index in [1.54, 1.807) is 0 Å². The van der Waals surface area contributed by atoms with Gasteiger partial charge in [-0.15, -0.1) is 0 Å². The number of hydrogen-bond acceptors (Lipinski definition) is 6. The Labute approximate surface area is 114 Å². The summed E-state index contributed by atoms with van der Waals surface area (Å²) in [6.45, 7) is 1.16. The highest BCUT2D eigenvalue weighted by Gasteiger charge is 2.17. The number of aromatic nitrogens is 1. The molecule has 0 spiro atoms. The Hall–Kier alpha value is -2.54. The number of para-hydroxylation sites is 1. The van der Waals surface area contributed by atoms with Gasteiger partial charge in [-0.25, -0.2) is 4.79 Å². The van der Waals surface area contributed by atoms with Crippen molar-refractivity contribution in [2.24, 2.45) is 0 Å². The van der Waals surface area contributed by atoms with Crippen molar-refractivity contribution in [3.8, 4) is 11.5 Å². The van der Waals surface area contributed by atoms with Crippen LogP contribution in [0.5, 0.6) is 11.5 Å². The van der Waals surface area contributed by atoms with Gasteiger partial charge >= 0.3 is 5.97 Å². The lowest BCUT2D eigenvalue weighted by Crippen LogP contribution is -2.12. The molecule has 7 nitrogen and oxygen atoms in total. The molecule has 1 aromatic carbocycles. The van der Waals surface area contributed by atoms with Crippen LogP contribution in [-0.4, -0.2) is 23.0 Å². The Morgan fingerprint density at radius 2 is 2.25 bits per heavy atom. The lowest BCUT2D eigenvalue weighted by molar-refractivity contribution is 0.0685. The van der Waals surface area contributed by atoms with Gasteiger partial charge in [-0.05, 0) is 6.07 Å². The van der Waals surface area contributed by atoms with Gasteiger partial charge in [-0.2, -0.15) is 0 Å². The van der Waals surface area contributed by atoms with Crippen LogP contribution < -0.4 is 14.8 Å². The number of hydrogen-bond donors (Lipinski definition) is 2. The van der Waals surface area contributed by atoms with Crippen LogP contribution in [0.2, 0.25) is 0 Å². The van der Waals surface area contributed by atoms with Crippen LogP contribution in [0.3, 0.4) is 0 Å². The number of aromatic carboxylic acids is 1. The maximum atomic E-state index is 10.7. The third-order valence-corrected chi connectivity index (χ3v) is 2.87. The van der Waals surface area contributed by atoms with Crippen molar-refractivity contribution in [3.05, 3.63) is 41.3 Å². The molecule has 0 saturated heterocycles. The number of carboxylic acid groups (broad SMARTS) is 1. The first-order chi connectivity index (χ1) is 9.74. The molecule has 0 unspecified atom stereocenters. The van der Waals surface area contributed by atoms with Gasteiger partial charge in [0.05, 0.1) is 6.54 Å². The Morgan fingerprint density at radius 3 is 3.05 bits per heavy atom. The fourth-order valence-corrected chi connectivity index (χ4v) is 1.95. The van der Waals surface area contributed by atoms with Crippen molar-refractivity contribution in [1.29, 1.82) is 0 Å². The second-order valence-corrected chi connectivity index (χ2v) is 4.24. The van der Waals surface area contributed by atoms with E-state index in [2.05, 4.69) is 10.5 Å². The van der Waals surface area contributed by atoms with Gasteiger partial charge in [-0.1, -0.05) is 17.3 Å². The molecule has 2 aromatic rings. The molecule has 1 aliphatic rings. The molecule has 0 amide bonds. The molecule has 0 fully saturated rings. The Balaban J connectivity index is 1.60. The summed E-state index contributed by atoms with van der Waals surface area (Å²) in [7, 11) is 0. The maximum absolute atomic E-state index is 10.7. The summed E-state index contributed by atoms with van der Waals surface area (Å²) in [5, 5.41) is 15.3. The number of nitrogens with zero attached hydrogens (tertiary/aromatic N) is 1. The minimum atomic E-state index is -1.11. The van der Waals surface area contributed by atoms with Crippen molar-refractivity contribution in [2.75, 3.05) is 6.79 Å². The van der Waals surface area contributed by atoms with Crippen LogP contribution in [0.1, 0.15) is 21.8 Å². The summed E-state index contributed by atoms with van der Waals surface area (Å²) in [6, 6.07) is 7.07. The van der Waals surface area contributed by atoms with Crippen molar-refractivity contribution in [1.82, 2.24) is 10.5 Å². The monoisotopic (exact) mass is 276 g/mol. The number of benzene rings is 1. The predicted molar refractivity (Wildman–Crippen MR) is 66.6 cm³/mol. The maximum Gasteiger partial charge on any atom is 0.358 e. The lowest BCUT2D eigenvalue weighted by atomic mass is 10.2. The van der Waals surface area contributed by atoms with Crippen LogP contribution in [-0.2, 0) is 13.1 Å². The number of carboxylic acids is 1. The number of fused-ring (bicyclic) bond motifs is 1.